The Morgan fingerprint density at radius 2 is 2.28 bits per heavy atom. The van der Waals surface area contributed by atoms with Crippen LogP contribution in [0.15, 0.2) is 11.1 Å². The fourth-order valence-corrected chi connectivity index (χ4v) is 3.53. The normalized spacial score (nSPS) is 12.8. The predicted octanol–water partition coefficient (Wildman–Crippen LogP) is 2.53. The summed E-state index contributed by atoms with van der Waals surface area (Å²) >= 11 is 3.08. The van der Waals surface area contributed by atoms with E-state index in [1.54, 1.807) is 18.3 Å². The number of aromatic nitrogens is 2. The molecule has 0 spiro atoms. The van der Waals surface area contributed by atoms with Crippen LogP contribution >= 0.6 is 23.1 Å². The Labute approximate surface area is 114 Å². The van der Waals surface area contributed by atoms with Crippen LogP contribution in [0.2, 0.25) is 0 Å². The molecule has 0 saturated heterocycles. The molecule has 0 aliphatic carbocycles. The largest absolute Gasteiger partial charge is 0.369 e. The monoisotopic (exact) mass is 281 g/mol. The van der Waals surface area contributed by atoms with E-state index in [9.17, 15) is 4.79 Å². The number of aryl methyl sites for hydroxylation is 2. The molecule has 0 aromatic carbocycles. The third-order valence-corrected chi connectivity index (χ3v) is 4.85. The minimum absolute atomic E-state index is 0.285. The van der Waals surface area contributed by atoms with Crippen LogP contribution in [0.1, 0.15) is 24.5 Å². The number of hydrogen-bond donors (Lipinski definition) is 1. The average molecular weight is 281 g/mol. The minimum Gasteiger partial charge on any atom is -0.369 e. The lowest BCUT2D eigenvalue weighted by Gasteiger charge is -2.07. The van der Waals surface area contributed by atoms with Crippen molar-refractivity contribution in [3.05, 3.63) is 16.8 Å². The van der Waals surface area contributed by atoms with Crippen molar-refractivity contribution in [1.29, 1.82) is 0 Å². The van der Waals surface area contributed by atoms with Gasteiger partial charge in [-0.1, -0.05) is 18.7 Å². The molecule has 2 aromatic heterocycles. The molecule has 1 amide bonds. The van der Waals surface area contributed by atoms with Crippen molar-refractivity contribution >= 4 is 39.2 Å². The van der Waals surface area contributed by atoms with Gasteiger partial charge in [0.1, 0.15) is 15.7 Å². The number of rotatable bonds is 4. The zero-order chi connectivity index (χ0) is 13.3. The summed E-state index contributed by atoms with van der Waals surface area (Å²) < 4.78 is 0. The van der Waals surface area contributed by atoms with Crippen LogP contribution in [-0.2, 0) is 11.2 Å². The van der Waals surface area contributed by atoms with E-state index in [2.05, 4.69) is 23.0 Å². The van der Waals surface area contributed by atoms with Crippen molar-refractivity contribution in [2.75, 3.05) is 0 Å². The summed E-state index contributed by atoms with van der Waals surface area (Å²) in [7, 11) is 0. The molecule has 0 aliphatic rings. The fraction of sp³-hybridized carbons (Fsp3) is 0.417. The van der Waals surface area contributed by atoms with E-state index < -0.39 is 0 Å². The fourth-order valence-electron chi connectivity index (χ4n) is 1.54. The number of nitrogens with two attached hydrogens (primary N) is 1. The van der Waals surface area contributed by atoms with Crippen molar-refractivity contribution in [2.45, 2.75) is 37.5 Å². The molecule has 0 fully saturated rings. The van der Waals surface area contributed by atoms with Gasteiger partial charge in [-0.25, -0.2) is 9.97 Å². The maximum absolute atomic E-state index is 11.1. The van der Waals surface area contributed by atoms with E-state index in [0.29, 0.717) is 0 Å². The Hall–Kier alpha value is -1.14. The first-order valence-corrected chi connectivity index (χ1v) is 7.44. The van der Waals surface area contributed by atoms with Gasteiger partial charge in [0.2, 0.25) is 5.91 Å². The molecule has 2 N–H and O–H groups in total. The summed E-state index contributed by atoms with van der Waals surface area (Å²) in [6, 6.07) is 2.11. The quantitative estimate of drug-likeness (QED) is 0.690. The molecular weight excluding hydrogens is 266 g/mol. The highest BCUT2D eigenvalue weighted by Gasteiger charge is 2.16. The zero-order valence-corrected chi connectivity index (χ0v) is 12.2. The van der Waals surface area contributed by atoms with Gasteiger partial charge in [-0.05, 0) is 26.3 Å². The predicted molar refractivity (Wildman–Crippen MR) is 76.0 cm³/mol. The average Bonchev–Trinajstić information content (AvgIpc) is 2.71. The third-order valence-electron chi connectivity index (χ3n) is 2.56. The van der Waals surface area contributed by atoms with E-state index in [1.807, 2.05) is 6.92 Å². The highest BCUT2D eigenvalue weighted by Crippen LogP contribution is 2.33. The van der Waals surface area contributed by atoms with Crippen LogP contribution in [-0.4, -0.2) is 21.1 Å². The second-order valence-corrected chi connectivity index (χ2v) is 6.47. The lowest BCUT2D eigenvalue weighted by atomic mass is 10.3. The summed E-state index contributed by atoms with van der Waals surface area (Å²) in [5.41, 5.74) is 5.30. The molecule has 1 unspecified atom stereocenters. The number of amides is 1. The Balaban J connectivity index is 2.47. The highest BCUT2D eigenvalue weighted by atomic mass is 32.2. The number of fused-ring (bicyclic) bond motifs is 1. The molecule has 0 radical (unpaired) electrons. The number of hydrogen-bond acceptors (Lipinski definition) is 5. The van der Waals surface area contributed by atoms with Crippen LogP contribution in [0, 0.1) is 6.92 Å². The number of carbonyl (C=O) groups excluding carboxylic acids is 1. The van der Waals surface area contributed by atoms with Crippen LogP contribution < -0.4 is 5.73 Å². The topological polar surface area (TPSA) is 68.9 Å². The molecule has 0 bridgehead atoms. The van der Waals surface area contributed by atoms with Gasteiger partial charge in [0, 0.05) is 10.3 Å². The second-order valence-electron chi connectivity index (χ2n) is 4.02. The van der Waals surface area contributed by atoms with Crippen molar-refractivity contribution < 1.29 is 4.79 Å². The Bertz CT molecular complexity index is 594. The van der Waals surface area contributed by atoms with Crippen molar-refractivity contribution in [3.63, 3.8) is 0 Å². The first-order valence-electron chi connectivity index (χ1n) is 5.74. The molecule has 2 rings (SSSR count). The number of thiophene rings is 1. The number of primary amides is 1. The van der Waals surface area contributed by atoms with Gasteiger partial charge in [-0.2, -0.15) is 0 Å². The van der Waals surface area contributed by atoms with Crippen molar-refractivity contribution in [1.82, 2.24) is 9.97 Å². The highest BCUT2D eigenvalue weighted by molar-refractivity contribution is 8.00. The summed E-state index contributed by atoms with van der Waals surface area (Å²) in [5, 5.41) is 1.59. The summed E-state index contributed by atoms with van der Waals surface area (Å²) in [4.78, 5) is 22.3. The van der Waals surface area contributed by atoms with Crippen LogP contribution in [0.4, 0.5) is 0 Å². The van der Waals surface area contributed by atoms with E-state index in [1.165, 1.54) is 16.6 Å². The van der Waals surface area contributed by atoms with Gasteiger partial charge < -0.3 is 5.73 Å². The molecule has 2 heterocycles. The standard InChI is InChI=1S/C12H15N3OS2/c1-4-8-5-9-11(17-6(2)10(13)16)14-7(3)15-12(9)18-8/h5-6H,4H2,1-3H3,(H2,13,16). The molecule has 1 atom stereocenters. The smallest absolute Gasteiger partial charge is 0.230 e. The van der Waals surface area contributed by atoms with Gasteiger partial charge in [-0.3, -0.25) is 4.79 Å². The molecule has 6 heteroatoms. The summed E-state index contributed by atoms with van der Waals surface area (Å²) in [6.07, 6.45) is 0.982. The van der Waals surface area contributed by atoms with E-state index in [4.69, 9.17) is 5.73 Å². The minimum atomic E-state index is -0.324. The number of nitrogens with zero attached hydrogens (tertiary/aromatic N) is 2. The Morgan fingerprint density at radius 3 is 2.89 bits per heavy atom. The van der Waals surface area contributed by atoms with Crippen LogP contribution in [0.5, 0.6) is 0 Å². The van der Waals surface area contributed by atoms with E-state index >= 15 is 0 Å². The molecule has 4 nitrogen and oxygen atoms in total. The number of thioether (sulfide) groups is 1. The van der Waals surface area contributed by atoms with Gasteiger partial charge in [0.15, 0.2) is 0 Å². The zero-order valence-electron chi connectivity index (χ0n) is 10.6. The first-order chi connectivity index (χ1) is 8.51. The maximum atomic E-state index is 11.1. The lowest BCUT2D eigenvalue weighted by Crippen LogP contribution is -2.22. The second kappa shape index (κ2) is 5.24. The van der Waals surface area contributed by atoms with E-state index in [0.717, 1.165) is 27.5 Å². The molecule has 0 aliphatic heterocycles. The Kier molecular flexibility index (Phi) is 3.87. The van der Waals surface area contributed by atoms with Gasteiger partial charge in [-0.15, -0.1) is 11.3 Å². The van der Waals surface area contributed by atoms with Gasteiger partial charge in [0.25, 0.3) is 0 Å². The third kappa shape index (κ3) is 2.64. The van der Waals surface area contributed by atoms with Crippen molar-refractivity contribution in [3.8, 4) is 0 Å². The maximum Gasteiger partial charge on any atom is 0.230 e. The van der Waals surface area contributed by atoms with E-state index in [-0.39, 0.29) is 11.2 Å². The number of carbonyl (C=O) groups is 1. The molecular formula is C12H15N3OS2. The molecule has 18 heavy (non-hydrogen) atoms. The van der Waals surface area contributed by atoms with Crippen LogP contribution in [0.3, 0.4) is 0 Å². The lowest BCUT2D eigenvalue weighted by molar-refractivity contribution is -0.117. The van der Waals surface area contributed by atoms with Gasteiger partial charge in [0.05, 0.1) is 5.25 Å². The van der Waals surface area contributed by atoms with Crippen molar-refractivity contribution in [2.24, 2.45) is 5.73 Å². The summed E-state index contributed by atoms with van der Waals surface area (Å²) in [6.45, 7) is 5.77. The van der Waals surface area contributed by atoms with Crippen LogP contribution in [0.25, 0.3) is 10.2 Å². The molecule has 0 saturated carbocycles. The SMILES string of the molecule is CCc1cc2c(SC(C)C(N)=O)nc(C)nc2s1. The molecule has 96 valence electrons. The first kappa shape index (κ1) is 13.3. The van der Waals surface area contributed by atoms with Gasteiger partial charge >= 0.3 is 0 Å². The molecule has 2 aromatic rings. The Morgan fingerprint density at radius 1 is 1.56 bits per heavy atom. The summed E-state index contributed by atoms with van der Waals surface area (Å²) in [5.74, 6) is 0.404.